The average Bonchev–Trinajstić information content (AvgIpc) is 2.83. The van der Waals surface area contributed by atoms with Gasteiger partial charge in [0.05, 0.1) is 23.0 Å². The number of aryl methyl sites for hydroxylation is 1. The number of benzene rings is 1. The van der Waals surface area contributed by atoms with E-state index in [0.717, 1.165) is 5.56 Å². The van der Waals surface area contributed by atoms with Gasteiger partial charge in [-0.15, -0.1) is 11.6 Å². The lowest BCUT2D eigenvalue weighted by atomic mass is 9.99. The highest BCUT2D eigenvalue weighted by Gasteiger charge is 2.44. The van der Waals surface area contributed by atoms with Crippen LogP contribution in [0.3, 0.4) is 0 Å². The van der Waals surface area contributed by atoms with E-state index in [0.29, 0.717) is 0 Å². The van der Waals surface area contributed by atoms with E-state index in [1.807, 2.05) is 6.92 Å². The third kappa shape index (κ3) is 7.59. The Morgan fingerprint density at radius 3 is 2.57 bits per heavy atom. The topological polar surface area (TPSA) is 163 Å². The summed E-state index contributed by atoms with van der Waals surface area (Å²) in [5, 5.41) is 3.67. The summed E-state index contributed by atoms with van der Waals surface area (Å²) in [4.78, 5) is 26.6. The standard InChI is InChI=1S/C23H28ClN3O9S/c1-13-4-6-16(7-5-13)37(30,31)12-19-23(36-20(29)11-24)17(8-9-32-19)35-21-10-18(34-15(3)28)22(26-27-25)14(2)33-21/h4-9,14,17-19,21-23H,10-12H2,1-3H3/t14-,17+,18-,19+,21-,22-,23-/m0/s1. The normalized spacial score (nSPS) is 29.5. The van der Waals surface area contributed by atoms with Crippen LogP contribution >= 0.6 is 11.6 Å². The monoisotopic (exact) mass is 557 g/mol. The van der Waals surface area contributed by atoms with E-state index < -0.39 is 76.3 Å². The zero-order valence-electron chi connectivity index (χ0n) is 20.4. The highest BCUT2D eigenvalue weighted by Crippen LogP contribution is 2.30. The van der Waals surface area contributed by atoms with Gasteiger partial charge < -0.3 is 23.7 Å². The average molecular weight is 558 g/mol. The van der Waals surface area contributed by atoms with Gasteiger partial charge in [0.15, 0.2) is 28.3 Å². The largest absolute Gasteiger partial charge is 0.493 e. The Morgan fingerprint density at radius 2 is 1.95 bits per heavy atom. The molecule has 2 aliphatic rings. The van der Waals surface area contributed by atoms with Gasteiger partial charge in [0.2, 0.25) is 0 Å². The van der Waals surface area contributed by atoms with Gasteiger partial charge in [0, 0.05) is 18.3 Å². The van der Waals surface area contributed by atoms with Crippen molar-refractivity contribution in [1.82, 2.24) is 0 Å². The predicted molar refractivity (Wildman–Crippen MR) is 130 cm³/mol. The summed E-state index contributed by atoms with van der Waals surface area (Å²) in [5.74, 6) is -2.34. The molecule has 0 aliphatic carbocycles. The Bertz CT molecular complexity index is 1150. The number of esters is 2. The van der Waals surface area contributed by atoms with E-state index in [4.69, 9.17) is 40.8 Å². The Hall–Kier alpha value is -2.83. The number of alkyl halides is 1. The summed E-state index contributed by atoms with van der Waals surface area (Å²) in [5.41, 5.74) is 9.77. The Morgan fingerprint density at radius 1 is 1.24 bits per heavy atom. The number of hydrogen-bond donors (Lipinski definition) is 0. The molecule has 0 spiro atoms. The lowest BCUT2D eigenvalue weighted by molar-refractivity contribution is -0.250. The molecule has 202 valence electrons. The predicted octanol–water partition coefficient (Wildman–Crippen LogP) is 2.96. The van der Waals surface area contributed by atoms with Crippen LogP contribution in [0, 0.1) is 6.92 Å². The summed E-state index contributed by atoms with van der Waals surface area (Å²) >= 11 is 5.63. The number of hydrogen-bond acceptors (Lipinski definition) is 10. The van der Waals surface area contributed by atoms with E-state index in [1.54, 1.807) is 19.1 Å². The first-order chi connectivity index (χ1) is 17.5. The van der Waals surface area contributed by atoms with Crippen molar-refractivity contribution >= 4 is 33.4 Å². The van der Waals surface area contributed by atoms with Crippen molar-refractivity contribution in [3.8, 4) is 0 Å². The minimum absolute atomic E-state index is 0.0152. The van der Waals surface area contributed by atoms with E-state index in [9.17, 15) is 18.0 Å². The number of azide groups is 1. The summed E-state index contributed by atoms with van der Waals surface area (Å²) in [7, 11) is -3.83. The van der Waals surface area contributed by atoms with Crippen LogP contribution in [0.5, 0.6) is 0 Å². The van der Waals surface area contributed by atoms with E-state index in [-0.39, 0.29) is 11.3 Å². The van der Waals surface area contributed by atoms with E-state index >= 15 is 0 Å². The molecule has 0 radical (unpaired) electrons. The van der Waals surface area contributed by atoms with Crippen LogP contribution in [0.2, 0.25) is 0 Å². The molecule has 2 aliphatic heterocycles. The number of ether oxygens (including phenoxy) is 5. The first-order valence-electron chi connectivity index (χ1n) is 11.4. The fourth-order valence-corrected chi connectivity index (χ4v) is 5.60. The molecule has 1 saturated heterocycles. The summed E-state index contributed by atoms with van der Waals surface area (Å²) in [6.45, 7) is 4.70. The van der Waals surface area contributed by atoms with Gasteiger partial charge in [-0.2, -0.15) is 0 Å². The molecule has 0 amide bonds. The van der Waals surface area contributed by atoms with E-state index in [2.05, 4.69) is 10.0 Å². The van der Waals surface area contributed by atoms with Crippen molar-refractivity contribution in [1.29, 1.82) is 0 Å². The third-order valence-electron chi connectivity index (χ3n) is 5.82. The number of halogens is 1. The molecule has 1 fully saturated rings. The van der Waals surface area contributed by atoms with Gasteiger partial charge >= 0.3 is 11.9 Å². The molecule has 2 heterocycles. The molecule has 0 aromatic heterocycles. The Balaban J connectivity index is 1.81. The zero-order chi connectivity index (χ0) is 27.2. The molecular formula is C23H28ClN3O9S. The second kappa shape index (κ2) is 12.6. The second-order valence-corrected chi connectivity index (χ2v) is 10.9. The van der Waals surface area contributed by atoms with Crippen molar-refractivity contribution < 1.29 is 41.7 Å². The molecule has 12 nitrogen and oxygen atoms in total. The molecule has 0 saturated carbocycles. The van der Waals surface area contributed by atoms with Crippen LogP contribution in [0.15, 0.2) is 46.6 Å². The van der Waals surface area contributed by atoms with E-state index in [1.165, 1.54) is 31.4 Å². The molecule has 14 heteroatoms. The Kier molecular flexibility index (Phi) is 9.80. The van der Waals surface area contributed by atoms with Crippen LogP contribution in [0.25, 0.3) is 10.4 Å². The van der Waals surface area contributed by atoms with Gasteiger partial charge in [-0.25, -0.2) is 8.42 Å². The fraction of sp³-hybridized carbons (Fsp3) is 0.565. The minimum atomic E-state index is -3.83. The van der Waals surface area contributed by atoms with Crippen molar-refractivity contribution in [3.63, 3.8) is 0 Å². The maximum Gasteiger partial charge on any atom is 0.321 e. The van der Waals surface area contributed by atoms with Gasteiger partial charge in [-0.3, -0.25) is 9.59 Å². The number of rotatable bonds is 9. The summed E-state index contributed by atoms with van der Waals surface area (Å²) < 4.78 is 54.3. The number of carbonyl (C=O) groups excluding carboxylic acids is 2. The van der Waals surface area contributed by atoms with Crippen molar-refractivity contribution in [2.24, 2.45) is 5.11 Å². The first kappa shape index (κ1) is 28.7. The van der Waals surface area contributed by atoms with Crippen molar-refractivity contribution in [2.45, 2.75) is 74.9 Å². The molecule has 1 aromatic rings. The molecule has 3 rings (SSSR count). The SMILES string of the molecule is CC(=O)O[C@H]1C[C@H](O[C@@H]2C=CO[C@H](CS(=O)(=O)c3ccc(C)cc3)[C@H]2OC(=O)CCl)O[C@@H](C)[C@@H]1N=[N+]=[N-]. The summed E-state index contributed by atoms with van der Waals surface area (Å²) in [6.07, 6.45) is -3.02. The minimum Gasteiger partial charge on any atom is -0.493 e. The zero-order valence-corrected chi connectivity index (χ0v) is 22.0. The number of nitrogens with zero attached hydrogens (tertiary/aromatic N) is 3. The lowest BCUT2D eigenvalue weighted by Crippen LogP contribution is -2.53. The molecule has 37 heavy (non-hydrogen) atoms. The third-order valence-corrected chi connectivity index (χ3v) is 7.79. The Labute approximate surface area is 219 Å². The van der Waals surface area contributed by atoms with Gasteiger partial charge in [-0.1, -0.05) is 22.8 Å². The quantitative estimate of drug-likeness (QED) is 0.146. The fourth-order valence-electron chi connectivity index (χ4n) is 4.09. The maximum absolute atomic E-state index is 13.1. The molecule has 7 atom stereocenters. The van der Waals surface area contributed by atoms with Gasteiger partial charge in [0.1, 0.15) is 24.1 Å². The summed E-state index contributed by atoms with van der Waals surface area (Å²) in [6, 6.07) is 5.55. The molecule has 0 unspecified atom stereocenters. The van der Waals surface area contributed by atoms with Crippen LogP contribution in [0.1, 0.15) is 25.8 Å². The van der Waals surface area contributed by atoms with Crippen LogP contribution < -0.4 is 0 Å². The smallest absolute Gasteiger partial charge is 0.321 e. The van der Waals surface area contributed by atoms with Crippen LogP contribution in [-0.4, -0.2) is 74.8 Å². The first-order valence-corrected chi connectivity index (χ1v) is 13.6. The molecule has 0 bridgehead atoms. The molecule has 0 N–H and O–H groups in total. The van der Waals surface area contributed by atoms with Crippen molar-refractivity contribution in [2.75, 3.05) is 11.6 Å². The van der Waals surface area contributed by atoms with Crippen molar-refractivity contribution in [3.05, 3.63) is 52.6 Å². The molecule has 1 aromatic carbocycles. The second-order valence-electron chi connectivity index (χ2n) is 8.64. The highest BCUT2D eigenvalue weighted by molar-refractivity contribution is 7.91. The van der Waals surface area contributed by atoms with Crippen LogP contribution in [0.4, 0.5) is 0 Å². The maximum atomic E-state index is 13.1. The molecular weight excluding hydrogens is 530 g/mol. The van der Waals surface area contributed by atoms with Gasteiger partial charge in [-0.05, 0) is 37.6 Å². The van der Waals surface area contributed by atoms with Gasteiger partial charge in [0.25, 0.3) is 0 Å². The number of carbonyl (C=O) groups is 2. The number of sulfone groups is 1. The van der Waals surface area contributed by atoms with Crippen LogP contribution in [-0.2, 0) is 43.1 Å². The lowest BCUT2D eigenvalue weighted by Gasteiger charge is -2.40. The highest BCUT2D eigenvalue weighted by atomic mass is 35.5.